The lowest BCUT2D eigenvalue weighted by atomic mass is 10.0. The molecule has 6 heteroatoms. The molecule has 1 aromatic carbocycles. The quantitative estimate of drug-likeness (QED) is 0.489. The average Bonchev–Trinajstić information content (AvgIpc) is 3.29. The van der Waals surface area contributed by atoms with Gasteiger partial charge in [-0.2, -0.15) is 9.61 Å². The molecular formula is C22H26N4O2. The number of hydrogen-bond donors (Lipinski definition) is 1. The molecule has 146 valence electrons. The predicted octanol–water partition coefficient (Wildman–Crippen LogP) is 5.37. The van der Waals surface area contributed by atoms with Crippen LogP contribution in [0.25, 0.3) is 27.9 Å². The number of nitrogens with zero attached hydrogens (tertiary/aromatic N) is 3. The maximum Gasteiger partial charge on any atom is 0.194 e. The van der Waals surface area contributed by atoms with E-state index in [0.717, 1.165) is 63.5 Å². The molecule has 1 N–H and O–H groups in total. The molecule has 4 aromatic rings. The van der Waals surface area contributed by atoms with E-state index in [1.165, 1.54) is 0 Å². The molecule has 3 heterocycles. The Morgan fingerprint density at radius 2 is 1.96 bits per heavy atom. The third-order valence-electron chi connectivity index (χ3n) is 5.36. The van der Waals surface area contributed by atoms with Gasteiger partial charge < -0.3 is 14.5 Å². The Bertz CT molecular complexity index is 1140. The lowest BCUT2D eigenvalue weighted by Crippen LogP contribution is -2.19. The topological polar surface area (TPSA) is 64.6 Å². The van der Waals surface area contributed by atoms with E-state index >= 15 is 0 Å². The largest absolute Gasteiger partial charge is 0.497 e. The number of methoxy groups -OCH3 is 1. The number of rotatable bonds is 6. The molecule has 28 heavy (non-hydrogen) atoms. The van der Waals surface area contributed by atoms with Gasteiger partial charge >= 0.3 is 0 Å². The fraction of sp³-hybridized carbons (Fsp3) is 0.364. The number of nitrogens with one attached hydrogen (secondary N) is 1. The Balaban J connectivity index is 1.98. The number of benzene rings is 1. The fourth-order valence-corrected chi connectivity index (χ4v) is 3.72. The van der Waals surface area contributed by atoms with Gasteiger partial charge in [0, 0.05) is 17.7 Å². The standard InChI is InChI=1S/C22H26N4O2/c1-6-15(7-2)23-22-20-18(10-11-28-20)24-21-19(14(4)25-26(21)22)17-9-8-16(27-5)12-13(17)3/h8-12,15,23H,6-7H2,1-5H3. The molecule has 0 aliphatic rings. The predicted molar refractivity (Wildman–Crippen MR) is 112 cm³/mol. The van der Waals surface area contributed by atoms with E-state index in [0.29, 0.717) is 6.04 Å². The minimum absolute atomic E-state index is 0.342. The van der Waals surface area contributed by atoms with Crippen LogP contribution in [0.2, 0.25) is 0 Å². The van der Waals surface area contributed by atoms with Gasteiger partial charge in [-0.25, -0.2) is 4.98 Å². The van der Waals surface area contributed by atoms with Crippen molar-refractivity contribution in [2.24, 2.45) is 0 Å². The van der Waals surface area contributed by atoms with E-state index in [1.807, 2.05) is 29.6 Å². The van der Waals surface area contributed by atoms with Gasteiger partial charge in [0.2, 0.25) is 0 Å². The van der Waals surface area contributed by atoms with Crippen LogP contribution in [0.4, 0.5) is 5.82 Å². The number of ether oxygens (including phenoxy) is 1. The Labute approximate surface area is 164 Å². The molecule has 0 bridgehead atoms. The van der Waals surface area contributed by atoms with Crippen molar-refractivity contribution in [2.75, 3.05) is 12.4 Å². The third kappa shape index (κ3) is 2.89. The second-order valence-corrected chi connectivity index (χ2v) is 7.13. The maximum atomic E-state index is 5.75. The second kappa shape index (κ2) is 7.19. The van der Waals surface area contributed by atoms with Gasteiger partial charge in [0.25, 0.3) is 0 Å². The lowest BCUT2D eigenvalue weighted by molar-refractivity contribution is 0.414. The van der Waals surface area contributed by atoms with Crippen LogP contribution in [-0.2, 0) is 0 Å². The normalized spacial score (nSPS) is 11.6. The first-order valence-electron chi connectivity index (χ1n) is 9.75. The molecule has 0 fully saturated rings. The van der Waals surface area contributed by atoms with E-state index in [1.54, 1.807) is 13.4 Å². The first kappa shape index (κ1) is 18.3. The van der Waals surface area contributed by atoms with Gasteiger partial charge in [-0.1, -0.05) is 19.9 Å². The summed E-state index contributed by atoms with van der Waals surface area (Å²) in [7, 11) is 1.68. The van der Waals surface area contributed by atoms with Crippen molar-refractivity contribution in [2.45, 2.75) is 46.6 Å². The summed E-state index contributed by atoms with van der Waals surface area (Å²) in [6.07, 6.45) is 3.72. The first-order valence-corrected chi connectivity index (χ1v) is 9.75. The number of aryl methyl sites for hydroxylation is 2. The van der Waals surface area contributed by atoms with E-state index in [2.05, 4.69) is 32.2 Å². The molecule has 0 saturated heterocycles. The van der Waals surface area contributed by atoms with E-state index in [9.17, 15) is 0 Å². The third-order valence-corrected chi connectivity index (χ3v) is 5.36. The van der Waals surface area contributed by atoms with Crippen LogP contribution in [0.3, 0.4) is 0 Å². The van der Waals surface area contributed by atoms with E-state index in [4.69, 9.17) is 19.2 Å². The number of hydrogen-bond acceptors (Lipinski definition) is 5. The summed E-state index contributed by atoms with van der Waals surface area (Å²) in [5.41, 5.74) is 6.59. The van der Waals surface area contributed by atoms with Gasteiger partial charge in [0.1, 0.15) is 11.3 Å². The van der Waals surface area contributed by atoms with Crippen LogP contribution in [0.15, 0.2) is 34.9 Å². The fourth-order valence-electron chi connectivity index (χ4n) is 3.72. The van der Waals surface area contributed by atoms with Crippen molar-refractivity contribution in [3.05, 3.63) is 41.8 Å². The summed E-state index contributed by atoms with van der Waals surface area (Å²) in [6, 6.07) is 8.34. The minimum Gasteiger partial charge on any atom is -0.497 e. The molecule has 3 aromatic heterocycles. The van der Waals surface area contributed by atoms with E-state index in [-0.39, 0.29) is 0 Å². The molecule has 0 amide bonds. The zero-order valence-electron chi connectivity index (χ0n) is 17.0. The maximum absolute atomic E-state index is 5.75. The number of anilines is 1. The molecular weight excluding hydrogens is 352 g/mol. The molecule has 0 radical (unpaired) electrons. The van der Waals surface area contributed by atoms with Crippen LogP contribution >= 0.6 is 0 Å². The SMILES string of the molecule is CCC(CC)Nc1c2occc2nc2c(-c3ccc(OC)cc3C)c(C)nn12. The summed E-state index contributed by atoms with van der Waals surface area (Å²) in [5, 5.41) is 8.45. The van der Waals surface area contributed by atoms with Crippen LogP contribution < -0.4 is 10.1 Å². The molecule has 0 aliphatic heterocycles. The summed E-state index contributed by atoms with van der Waals surface area (Å²) < 4.78 is 13.0. The zero-order chi connectivity index (χ0) is 19.8. The number of fused-ring (bicyclic) bond motifs is 2. The highest BCUT2D eigenvalue weighted by molar-refractivity contribution is 5.91. The van der Waals surface area contributed by atoms with Gasteiger partial charge in [-0.05, 0) is 49.9 Å². The van der Waals surface area contributed by atoms with Crippen LogP contribution in [-0.4, -0.2) is 27.7 Å². The van der Waals surface area contributed by atoms with Crippen molar-refractivity contribution >= 4 is 22.6 Å². The Morgan fingerprint density at radius 1 is 1.18 bits per heavy atom. The Kier molecular flexibility index (Phi) is 4.71. The monoisotopic (exact) mass is 378 g/mol. The average molecular weight is 378 g/mol. The van der Waals surface area contributed by atoms with Gasteiger partial charge in [-0.15, -0.1) is 0 Å². The zero-order valence-corrected chi connectivity index (χ0v) is 17.0. The Hall–Kier alpha value is -3.02. The number of aromatic nitrogens is 3. The molecule has 4 rings (SSSR count). The second-order valence-electron chi connectivity index (χ2n) is 7.13. The van der Waals surface area contributed by atoms with Crippen molar-refractivity contribution in [3.8, 4) is 16.9 Å². The van der Waals surface area contributed by atoms with Crippen molar-refractivity contribution in [1.82, 2.24) is 14.6 Å². The first-order chi connectivity index (χ1) is 13.6. The summed E-state index contributed by atoms with van der Waals surface area (Å²) in [4.78, 5) is 4.87. The summed E-state index contributed by atoms with van der Waals surface area (Å²) in [6.45, 7) is 8.47. The Morgan fingerprint density at radius 3 is 2.64 bits per heavy atom. The number of furan rings is 1. The highest BCUT2D eigenvalue weighted by Gasteiger charge is 2.21. The molecule has 6 nitrogen and oxygen atoms in total. The van der Waals surface area contributed by atoms with Gasteiger partial charge in [-0.3, -0.25) is 0 Å². The van der Waals surface area contributed by atoms with Crippen LogP contribution in [0, 0.1) is 13.8 Å². The van der Waals surface area contributed by atoms with Gasteiger partial charge in [0.15, 0.2) is 17.0 Å². The van der Waals surface area contributed by atoms with Crippen molar-refractivity contribution in [1.29, 1.82) is 0 Å². The molecule has 0 aliphatic carbocycles. The molecule has 0 spiro atoms. The van der Waals surface area contributed by atoms with Crippen LogP contribution in [0.1, 0.15) is 37.9 Å². The summed E-state index contributed by atoms with van der Waals surface area (Å²) in [5.74, 6) is 1.70. The highest BCUT2D eigenvalue weighted by atomic mass is 16.5. The van der Waals surface area contributed by atoms with Crippen LogP contribution in [0.5, 0.6) is 5.75 Å². The van der Waals surface area contributed by atoms with Gasteiger partial charge in [0.05, 0.1) is 19.1 Å². The molecule has 0 saturated carbocycles. The lowest BCUT2D eigenvalue weighted by Gasteiger charge is -2.17. The van der Waals surface area contributed by atoms with Crippen molar-refractivity contribution < 1.29 is 9.15 Å². The smallest absolute Gasteiger partial charge is 0.194 e. The minimum atomic E-state index is 0.342. The van der Waals surface area contributed by atoms with E-state index < -0.39 is 0 Å². The highest BCUT2D eigenvalue weighted by Crippen LogP contribution is 2.35. The molecule has 0 atom stereocenters. The molecule has 0 unspecified atom stereocenters. The summed E-state index contributed by atoms with van der Waals surface area (Å²) >= 11 is 0. The van der Waals surface area contributed by atoms with Crippen molar-refractivity contribution in [3.63, 3.8) is 0 Å².